The number of hydrogen-bond donors (Lipinski definition) is 0. The van der Waals surface area contributed by atoms with Gasteiger partial charge in [-0.1, -0.05) is 161 Å². The van der Waals surface area contributed by atoms with Gasteiger partial charge in [0.1, 0.15) is 0 Å². The maximum Gasteiger partial charge on any atom is 0.0562 e. The van der Waals surface area contributed by atoms with Crippen LogP contribution in [0.25, 0.3) is 88.2 Å². The van der Waals surface area contributed by atoms with Crippen molar-refractivity contribution >= 4 is 32.3 Å². The molecule has 264 valence electrons. The third-order valence-corrected chi connectivity index (χ3v) is 13.3. The first kappa shape index (κ1) is 32.3. The van der Waals surface area contributed by atoms with Gasteiger partial charge in [0, 0.05) is 28.7 Å². The lowest BCUT2D eigenvalue weighted by atomic mass is 9.80. The summed E-state index contributed by atoms with van der Waals surface area (Å²) in [5, 5.41) is 7.91. The Morgan fingerprint density at radius 2 is 0.800 bits per heavy atom. The lowest BCUT2D eigenvalue weighted by molar-refractivity contribution is 0.660. The van der Waals surface area contributed by atoms with Crippen molar-refractivity contribution in [3.05, 3.63) is 179 Å². The smallest absolute Gasteiger partial charge is 0.0562 e. The molecule has 8 aromatic carbocycles. The van der Waals surface area contributed by atoms with Crippen molar-refractivity contribution in [2.45, 2.75) is 45.4 Å². The first-order valence-electron chi connectivity index (χ1n) is 19.7. The van der Waals surface area contributed by atoms with E-state index in [0.29, 0.717) is 0 Å². The molecular formula is C54H43N. The van der Waals surface area contributed by atoms with Crippen LogP contribution < -0.4 is 0 Å². The summed E-state index contributed by atoms with van der Waals surface area (Å²) >= 11 is 0. The first-order valence-corrected chi connectivity index (χ1v) is 19.7. The maximum atomic E-state index is 2.49. The Balaban J connectivity index is 1.08. The molecule has 9 aromatic rings. The van der Waals surface area contributed by atoms with Crippen molar-refractivity contribution in [3.63, 3.8) is 0 Å². The van der Waals surface area contributed by atoms with Gasteiger partial charge in [0.25, 0.3) is 0 Å². The molecule has 0 aliphatic heterocycles. The summed E-state index contributed by atoms with van der Waals surface area (Å²) in [4.78, 5) is 0. The van der Waals surface area contributed by atoms with Gasteiger partial charge in [-0.3, -0.25) is 0 Å². The second kappa shape index (κ2) is 11.2. The molecular weight excluding hydrogens is 663 g/mol. The molecule has 1 aromatic heterocycles. The molecule has 11 rings (SSSR count). The van der Waals surface area contributed by atoms with Crippen LogP contribution in [0.2, 0.25) is 0 Å². The molecule has 0 radical (unpaired) electrons. The zero-order valence-electron chi connectivity index (χ0n) is 32.4. The first-order chi connectivity index (χ1) is 26.6. The van der Waals surface area contributed by atoms with E-state index in [1.54, 1.807) is 0 Å². The van der Waals surface area contributed by atoms with E-state index in [1.807, 2.05) is 0 Å². The van der Waals surface area contributed by atoms with Crippen molar-refractivity contribution in [1.29, 1.82) is 0 Å². The highest BCUT2D eigenvalue weighted by Crippen LogP contribution is 2.56. The molecule has 1 nitrogen and oxygen atoms in total. The van der Waals surface area contributed by atoms with Gasteiger partial charge in [0.2, 0.25) is 0 Å². The van der Waals surface area contributed by atoms with Crippen LogP contribution in [0.15, 0.2) is 152 Å². The second-order valence-electron chi connectivity index (χ2n) is 17.0. The Kier molecular flexibility index (Phi) is 6.56. The van der Waals surface area contributed by atoms with Crippen LogP contribution in [0.1, 0.15) is 55.5 Å². The topological polar surface area (TPSA) is 4.93 Å². The minimum absolute atomic E-state index is 0.107. The summed E-state index contributed by atoms with van der Waals surface area (Å²) in [6.45, 7) is 11.9. The number of aryl methyl sites for hydroxylation is 1. The SMILES string of the molecule is Cc1cc2c(c3ccccc13)-c1ccc(-c3c4ccccc4c(-c4ccc5c(c4)C(C)(C)c4cc(-c6ccccc6)c6ccccc6c4-5)n3C)cc1C2(C)C. The standard InChI is InChI=1S/C54H43N/c1-32-28-47-49(38-20-12-10-18-36(32)38)42-26-24-34(29-45(42)53(47,2)3)51-40-22-14-15-23-41(40)52(55(51)6)35-25-27-43-46(30-35)54(4,5)48-31-44(33-16-8-7-9-17-33)37-19-11-13-21-39(37)50(43)48/h7-31H,1-6H3. The molecule has 0 spiro atoms. The van der Waals surface area contributed by atoms with Crippen LogP contribution in [0, 0.1) is 6.92 Å². The average Bonchev–Trinajstić information content (AvgIpc) is 3.72. The van der Waals surface area contributed by atoms with E-state index in [0.717, 1.165) is 0 Å². The van der Waals surface area contributed by atoms with E-state index in [4.69, 9.17) is 0 Å². The molecule has 55 heavy (non-hydrogen) atoms. The highest BCUT2D eigenvalue weighted by molar-refractivity contribution is 6.11. The fourth-order valence-electron chi connectivity index (χ4n) is 10.6. The van der Waals surface area contributed by atoms with Crippen molar-refractivity contribution in [2.24, 2.45) is 7.05 Å². The van der Waals surface area contributed by atoms with Crippen molar-refractivity contribution in [1.82, 2.24) is 4.57 Å². The fraction of sp³-hybridized carbons (Fsp3) is 0.148. The van der Waals surface area contributed by atoms with Crippen LogP contribution in [-0.2, 0) is 17.9 Å². The van der Waals surface area contributed by atoms with Gasteiger partial charge in [-0.05, 0) is 119 Å². The minimum atomic E-state index is -0.166. The predicted molar refractivity (Wildman–Crippen MR) is 234 cm³/mol. The van der Waals surface area contributed by atoms with Crippen molar-refractivity contribution in [2.75, 3.05) is 0 Å². The molecule has 0 fully saturated rings. The largest absolute Gasteiger partial charge is 0.343 e. The normalized spacial score (nSPS) is 14.7. The monoisotopic (exact) mass is 705 g/mol. The Morgan fingerprint density at radius 1 is 0.364 bits per heavy atom. The lowest BCUT2D eigenvalue weighted by Gasteiger charge is -2.23. The van der Waals surface area contributed by atoms with E-state index in [2.05, 4.69) is 198 Å². The van der Waals surface area contributed by atoms with Crippen LogP contribution in [-0.4, -0.2) is 4.57 Å². The van der Waals surface area contributed by atoms with Gasteiger partial charge in [-0.15, -0.1) is 0 Å². The van der Waals surface area contributed by atoms with Crippen LogP contribution >= 0.6 is 0 Å². The van der Waals surface area contributed by atoms with E-state index < -0.39 is 0 Å². The molecule has 0 atom stereocenters. The van der Waals surface area contributed by atoms with E-state index >= 15 is 0 Å². The lowest BCUT2D eigenvalue weighted by Crippen LogP contribution is -2.15. The summed E-state index contributed by atoms with van der Waals surface area (Å²) in [7, 11) is 2.27. The molecule has 0 bridgehead atoms. The molecule has 0 amide bonds. The number of benzene rings is 8. The summed E-state index contributed by atoms with van der Waals surface area (Å²) in [6, 6.07) is 57.2. The molecule has 0 saturated carbocycles. The van der Waals surface area contributed by atoms with Gasteiger partial charge >= 0.3 is 0 Å². The Bertz CT molecular complexity index is 3100. The molecule has 2 aliphatic carbocycles. The van der Waals surface area contributed by atoms with E-state index in [-0.39, 0.29) is 10.8 Å². The zero-order valence-corrected chi connectivity index (χ0v) is 32.4. The third kappa shape index (κ3) is 4.30. The summed E-state index contributed by atoms with van der Waals surface area (Å²) in [6.07, 6.45) is 0. The number of hydrogen-bond acceptors (Lipinski definition) is 0. The molecule has 2 aliphatic rings. The van der Waals surface area contributed by atoms with Gasteiger partial charge in [0.15, 0.2) is 0 Å². The van der Waals surface area contributed by atoms with Gasteiger partial charge < -0.3 is 4.57 Å². The number of fused-ring (bicyclic) bond motifs is 11. The number of nitrogens with zero attached hydrogens (tertiary/aromatic N) is 1. The number of aromatic nitrogens is 1. The van der Waals surface area contributed by atoms with Gasteiger partial charge in [-0.2, -0.15) is 0 Å². The van der Waals surface area contributed by atoms with E-state index in [9.17, 15) is 0 Å². The zero-order chi connectivity index (χ0) is 37.4. The van der Waals surface area contributed by atoms with Crippen LogP contribution in [0.3, 0.4) is 0 Å². The quantitative estimate of drug-likeness (QED) is 0.172. The number of rotatable bonds is 3. The highest BCUT2D eigenvalue weighted by atomic mass is 15.0. The Labute approximate surface area is 323 Å². The summed E-state index contributed by atoms with van der Waals surface area (Å²) in [5.74, 6) is 0. The van der Waals surface area contributed by atoms with Gasteiger partial charge in [-0.25, -0.2) is 0 Å². The van der Waals surface area contributed by atoms with Crippen LogP contribution in [0.4, 0.5) is 0 Å². The molecule has 1 heteroatoms. The molecule has 0 saturated heterocycles. The fourth-order valence-corrected chi connectivity index (χ4v) is 10.6. The Hall–Kier alpha value is -6.18. The van der Waals surface area contributed by atoms with Gasteiger partial charge in [0.05, 0.1) is 11.4 Å². The molecule has 0 unspecified atom stereocenters. The Morgan fingerprint density at radius 3 is 1.35 bits per heavy atom. The highest BCUT2D eigenvalue weighted by Gasteiger charge is 2.39. The second-order valence-corrected chi connectivity index (χ2v) is 17.0. The maximum absolute atomic E-state index is 2.49. The average molecular weight is 706 g/mol. The summed E-state index contributed by atoms with van der Waals surface area (Å²) < 4.78 is 2.46. The molecule has 1 heterocycles. The minimum Gasteiger partial charge on any atom is -0.343 e. The molecule has 0 N–H and O–H groups in total. The summed E-state index contributed by atoms with van der Waals surface area (Å²) in [5.41, 5.74) is 19.8. The van der Waals surface area contributed by atoms with E-state index in [1.165, 1.54) is 116 Å². The third-order valence-electron chi connectivity index (χ3n) is 13.3. The van der Waals surface area contributed by atoms with Crippen molar-refractivity contribution in [3.8, 4) is 55.9 Å². The predicted octanol–water partition coefficient (Wildman–Crippen LogP) is 14.4. The van der Waals surface area contributed by atoms with Crippen LogP contribution in [0.5, 0.6) is 0 Å². The van der Waals surface area contributed by atoms with Crippen molar-refractivity contribution < 1.29 is 0 Å².